The Morgan fingerprint density at radius 3 is 1.50 bits per heavy atom. The molecule has 8 rings (SSSR count). The van der Waals surface area contributed by atoms with Crippen molar-refractivity contribution in [1.82, 2.24) is 67.7 Å². The van der Waals surface area contributed by atoms with Crippen LogP contribution in [-0.4, -0.2) is 217 Å². The van der Waals surface area contributed by atoms with Gasteiger partial charge < -0.3 is 94.1 Å². The van der Waals surface area contributed by atoms with Gasteiger partial charge in [-0.15, -0.1) is 5.10 Å². The second kappa shape index (κ2) is 39.2. The first kappa shape index (κ1) is 81.4. The average molecular weight is 1470 g/mol. The number of fused-ring (bicyclic) bond motifs is 1. The van der Waals surface area contributed by atoms with Crippen LogP contribution in [-0.2, 0) is 101 Å². The Hall–Kier alpha value is -10.2. The molecular weight excluding hydrogens is 1370 g/mol. The van der Waals surface area contributed by atoms with Crippen molar-refractivity contribution in [2.45, 2.75) is 202 Å². The SMILES string of the molecule is CO[C@H]1O[C@H](Cn2cc(C[C@@H]3NC(=O)[C@@H](Cc4ccccc4)NC(=O)[C@H](Cc4ccccc4)NC(=O)[C@@H]4CCCN4C(=O)[C@@H](Cc4ccccc4)NC(=O)[C@H](CC(C)C)NC(=O)[C@H](CCCN)NC(=O)[C@H](C(C)C)NC(=O)[C@H](Cc4ccc(O)cc4)NC(=O)[C@H](CCC(N)=O)NC3=O)nn2)[C@@H](O)[C@H](O)[C@H]1O. The molecule has 3 fully saturated rings. The zero-order valence-corrected chi connectivity index (χ0v) is 60.0. The minimum atomic E-state index is -1.78. The van der Waals surface area contributed by atoms with Gasteiger partial charge >= 0.3 is 0 Å². The molecule has 0 aliphatic carbocycles. The van der Waals surface area contributed by atoms with Crippen LogP contribution in [0.3, 0.4) is 0 Å². The van der Waals surface area contributed by atoms with Crippen LogP contribution in [0.4, 0.5) is 0 Å². The highest BCUT2D eigenvalue weighted by molar-refractivity contribution is 6.00. The molecule has 11 amide bonds. The zero-order chi connectivity index (χ0) is 76.7. The smallest absolute Gasteiger partial charge is 0.246 e. The van der Waals surface area contributed by atoms with Crippen molar-refractivity contribution in [3.63, 3.8) is 0 Å². The monoisotopic (exact) mass is 1470 g/mol. The standard InChI is InChI=1S/C74H99N15O17/c1-41(2)33-51-66(97)84-56(37-45-21-13-8-14-22-45)73(104)89-32-16-24-57(89)71(102)83-53(35-44-19-11-7-12-20-44)68(99)81-52(34-43-17-9-6-10-18-43)67(98)82-55(38-47-39-88(87-86-47)40-58-61(92)62(93)63(94)74(105-5)106-58)69(100)77-50(29-30-59(76)91)65(96)80-54(36-46-25-27-48(90)28-26-46)70(101)85-60(42(3)4)72(103)78-49(23-15-31-75)64(95)79-51/h6-14,17-22,25-28,39,41-42,49-58,60-63,74,90,92-94H,15-16,23-24,29-38,40,75H2,1-5H3,(H2,76,91)(H,77,100)(H,78,103)(H,79,95)(H,80,96)(H,81,99)(H,82,98)(H,83,102)(H,84,97)(H,85,101)/t49-,50-,51-,52+,53-,54-,55-,56+,57-,58+,60-,61+,62-,63+,74-/m0/s1. The molecule has 32 heteroatoms. The van der Waals surface area contributed by atoms with Crippen molar-refractivity contribution >= 4 is 65.0 Å². The van der Waals surface area contributed by atoms with E-state index in [4.69, 9.17) is 20.9 Å². The van der Waals surface area contributed by atoms with E-state index in [1.807, 2.05) is 13.8 Å². The largest absolute Gasteiger partial charge is 0.508 e. The number of phenolic OH excluding ortho intramolecular Hbond substituents is 1. The van der Waals surface area contributed by atoms with Crippen LogP contribution < -0.4 is 59.3 Å². The first-order valence-electron chi connectivity index (χ1n) is 35.7. The molecule has 0 unspecified atom stereocenters. The highest BCUT2D eigenvalue weighted by Gasteiger charge is 2.45. The van der Waals surface area contributed by atoms with E-state index in [-0.39, 0.29) is 88.4 Å². The van der Waals surface area contributed by atoms with Gasteiger partial charge in [-0.1, -0.05) is 136 Å². The maximum Gasteiger partial charge on any atom is 0.246 e. The maximum atomic E-state index is 15.4. The number of aromatic nitrogens is 3. The lowest BCUT2D eigenvalue weighted by Gasteiger charge is -2.39. The summed E-state index contributed by atoms with van der Waals surface area (Å²) in [5.41, 5.74) is 13.7. The first-order valence-corrected chi connectivity index (χ1v) is 35.7. The molecule has 0 bridgehead atoms. The van der Waals surface area contributed by atoms with Gasteiger partial charge in [0.15, 0.2) is 6.29 Å². The van der Waals surface area contributed by atoms with Crippen LogP contribution in [0.1, 0.15) is 101 Å². The highest BCUT2D eigenvalue weighted by Crippen LogP contribution is 2.25. The topological polar surface area (TPSA) is 481 Å². The van der Waals surface area contributed by atoms with Crippen LogP contribution in [0.15, 0.2) is 121 Å². The summed E-state index contributed by atoms with van der Waals surface area (Å²) in [7, 11) is 1.22. The van der Waals surface area contributed by atoms with Crippen LogP contribution in [0.2, 0.25) is 0 Å². The van der Waals surface area contributed by atoms with Gasteiger partial charge in [-0.2, -0.15) is 0 Å². The summed E-state index contributed by atoms with van der Waals surface area (Å²) in [5.74, 6) is -10.8. The maximum absolute atomic E-state index is 15.4. The molecule has 0 radical (unpaired) electrons. The van der Waals surface area contributed by atoms with Crippen molar-refractivity contribution in [3.8, 4) is 5.75 Å². The summed E-state index contributed by atoms with van der Waals surface area (Å²) in [6.45, 7) is 6.69. The Kier molecular flexibility index (Phi) is 30.1. The third-order valence-corrected chi connectivity index (χ3v) is 18.7. The number of carbonyl (C=O) groups is 11. The van der Waals surface area contributed by atoms with E-state index >= 15 is 28.8 Å². The summed E-state index contributed by atoms with van der Waals surface area (Å²) < 4.78 is 12.1. The number of hydrogen-bond acceptors (Lipinski definition) is 20. The van der Waals surface area contributed by atoms with E-state index in [2.05, 4.69) is 58.2 Å². The Balaban J connectivity index is 1.23. The highest BCUT2D eigenvalue weighted by atomic mass is 16.7. The first-order chi connectivity index (χ1) is 50.7. The number of methoxy groups -OCH3 is 1. The van der Waals surface area contributed by atoms with Crippen molar-refractivity contribution in [2.75, 3.05) is 20.2 Å². The molecule has 3 saturated heterocycles. The molecule has 32 nitrogen and oxygen atoms in total. The fraction of sp³-hybridized carbons (Fsp3) is 0.500. The van der Waals surface area contributed by atoms with Crippen LogP contribution in [0.5, 0.6) is 5.75 Å². The van der Waals surface area contributed by atoms with E-state index < -0.39 is 181 Å². The molecule has 0 spiro atoms. The van der Waals surface area contributed by atoms with Crippen molar-refractivity contribution in [2.24, 2.45) is 23.3 Å². The van der Waals surface area contributed by atoms with E-state index in [0.717, 1.165) is 0 Å². The summed E-state index contributed by atoms with van der Waals surface area (Å²) in [5, 5.41) is 75.5. The summed E-state index contributed by atoms with van der Waals surface area (Å²) >= 11 is 0. The number of phenols is 1. The van der Waals surface area contributed by atoms with Crippen molar-refractivity contribution in [3.05, 3.63) is 149 Å². The van der Waals surface area contributed by atoms with Gasteiger partial charge in [0.25, 0.3) is 0 Å². The fourth-order valence-electron chi connectivity index (χ4n) is 12.9. The molecule has 17 N–H and O–H groups in total. The van der Waals surface area contributed by atoms with Gasteiger partial charge in [-0.3, -0.25) is 52.7 Å². The van der Waals surface area contributed by atoms with Gasteiger partial charge in [0, 0.05) is 58.4 Å². The minimum absolute atomic E-state index is 0.0107. The number of aliphatic hydroxyl groups excluding tert-OH is 3. The zero-order valence-electron chi connectivity index (χ0n) is 60.0. The third kappa shape index (κ3) is 23.4. The van der Waals surface area contributed by atoms with Gasteiger partial charge in [0.05, 0.1) is 12.2 Å². The molecular formula is C74H99N15O17. The number of aliphatic hydroxyl groups is 3. The fourth-order valence-corrected chi connectivity index (χ4v) is 12.9. The molecule has 3 aliphatic rings. The lowest BCUT2D eigenvalue weighted by atomic mass is 9.98. The molecule has 106 heavy (non-hydrogen) atoms. The number of rotatable bonds is 22. The second-order valence-electron chi connectivity index (χ2n) is 27.8. The molecule has 4 aromatic carbocycles. The normalized spacial score (nSPS) is 26.8. The van der Waals surface area contributed by atoms with Gasteiger partial charge in [0.2, 0.25) is 65.0 Å². The summed E-state index contributed by atoms with van der Waals surface area (Å²) in [6.07, 6.45) is -7.94. The number of primary amides is 1. The summed E-state index contributed by atoms with van der Waals surface area (Å²) in [6, 6.07) is 16.7. The van der Waals surface area contributed by atoms with Crippen LogP contribution >= 0.6 is 0 Å². The molecule has 0 saturated carbocycles. The molecule has 5 aromatic rings. The predicted molar refractivity (Wildman–Crippen MR) is 383 cm³/mol. The second-order valence-corrected chi connectivity index (χ2v) is 27.8. The van der Waals surface area contributed by atoms with Crippen molar-refractivity contribution in [1.29, 1.82) is 0 Å². The number of benzene rings is 4. The number of nitrogens with zero attached hydrogens (tertiary/aromatic N) is 4. The average Bonchev–Trinajstić information content (AvgIpc) is 1.58. The number of ether oxygens (including phenoxy) is 2. The molecule has 572 valence electrons. The number of amides is 11. The Labute approximate surface area is 614 Å². The lowest BCUT2D eigenvalue weighted by Crippen LogP contribution is -2.62. The number of nitrogens with two attached hydrogens (primary N) is 2. The Bertz CT molecular complexity index is 3800. The molecule has 4 heterocycles. The van der Waals surface area contributed by atoms with E-state index in [1.54, 1.807) is 105 Å². The molecule has 15 atom stereocenters. The summed E-state index contributed by atoms with van der Waals surface area (Å²) in [4.78, 5) is 165. The molecule has 3 aliphatic heterocycles. The van der Waals surface area contributed by atoms with E-state index in [9.17, 15) is 44.4 Å². The lowest BCUT2D eigenvalue weighted by molar-refractivity contribution is -0.292. The van der Waals surface area contributed by atoms with Gasteiger partial charge in [-0.25, -0.2) is 4.68 Å². The number of carbonyl (C=O) groups excluding carboxylic acids is 11. The van der Waals surface area contributed by atoms with Gasteiger partial charge in [-0.05, 0) is 91.3 Å². The molecule has 1 aromatic heterocycles. The Morgan fingerprint density at radius 1 is 0.547 bits per heavy atom. The number of nitrogens with one attached hydrogen (secondary N) is 9. The minimum Gasteiger partial charge on any atom is -0.508 e. The number of hydrogen-bond donors (Lipinski definition) is 15. The van der Waals surface area contributed by atoms with E-state index in [1.165, 1.54) is 47.2 Å². The predicted octanol–water partition coefficient (Wildman–Crippen LogP) is -1.97. The van der Waals surface area contributed by atoms with E-state index in [0.29, 0.717) is 28.7 Å². The van der Waals surface area contributed by atoms with Crippen molar-refractivity contribution < 1.29 is 82.6 Å². The van der Waals surface area contributed by atoms with Crippen LogP contribution in [0.25, 0.3) is 0 Å². The Morgan fingerprint density at radius 2 is 0.991 bits per heavy atom. The van der Waals surface area contributed by atoms with Crippen LogP contribution in [0, 0.1) is 11.8 Å². The number of aromatic hydroxyl groups is 1. The quantitative estimate of drug-likeness (QED) is 0.0357. The van der Waals surface area contributed by atoms with Gasteiger partial charge in [0.1, 0.15) is 90.6 Å². The third-order valence-electron chi connectivity index (χ3n) is 18.7.